The van der Waals surface area contributed by atoms with E-state index in [-0.39, 0.29) is 0 Å². The molecule has 0 aliphatic carbocycles. The molecule has 0 saturated carbocycles. The van der Waals surface area contributed by atoms with Gasteiger partial charge < -0.3 is 5.32 Å². The topological polar surface area (TPSA) is 24.9 Å². The molecule has 1 aromatic carbocycles. The molecule has 1 heterocycles. The van der Waals surface area contributed by atoms with Gasteiger partial charge in [-0.1, -0.05) is 38.1 Å². The standard InChI is InChI=1S/C16H20N2/c1-12(2)18-10-14-4-6-15(7-5-14)16-8-13(3)9-17-11-16/h4-9,11-12,18H,10H2,1-3H3. The Morgan fingerprint density at radius 1 is 1.06 bits per heavy atom. The number of hydrogen-bond donors (Lipinski definition) is 1. The van der Waals surface area contributed by atoms with Crippen LogP contribution in [0.2, 0.25) is 0 Å². The number of nitrogens with one attached hydrogen (secondary N) is 1. The summed E-state index contributed by atoms with van der Waals surface area (Å²) < 4.78 is 0. The van der Waals surface area contributed by atoms with Gasteiger partial charge >= 0.3 is 0 Å². The van der Waals surface area contributed by atoms with Gasteiger partial charge in [-0.05, 0) is 29.7 Å². The largest absolute Gasteiger partial charge is 0.310 e. The third kappa shape index (κ3) is 3.41. The molecule has 2 nitrogen and oxygen atoms in total. The van der Waals surface area contributed by atoms with Gasteiger partial charge in [-0.3, -0.25) is 4.98 Å². The van der Waals surface area contributed by atoms with Crippen molar-refractivity contribution in [2.45, 2.75) is 33.4 Å². The Morgan fingerprint density at radius 2 is 1.78 bits per heavy atom. The monoisotopic (exact) mass is 240 g/mol. The van der Waals surface area contributed by atoms with E-state index in [0.717, 1.165) is 6.54 Å². The van der Waals surface area contributed by atoms with Gasteiger partial charge in [-0.15, -0.1) is 0 Å². The van der Waals surface area contributed by atoms with E-state index in [1.54, 1.807) is 0 Å². The second kappa shape index (κ2) is 5.78. The number of hydrogen-bond acceptors (Lipinski definition) is 2. The van der Waals surface area contributed by atoms with Crippen molar-refractivity contribution in [3.8, 4) is 11.1 Å². The second-order valence-electron chi connectivity index (χ2n) is 4.98. The molecule has 1 aromatic heterocycles. The molecule has 0 amide bonds. The smallest absolute Gasteiger partial charge is 0.0346 e. The Labute approximate surface area is 109 Å². The van der Waals surface area contributed by atoms with Crippen molar-refractivity contribution in [2.24, 2.45) is 0 Å². The molecule has 1 N–H and O–H groups in total. The highest BCUT2D eigenvalue weighted by Crippen LogP contribution is 2.19. The predicted octanol–water partition coefficient (Wildman–Crippen LogP) is 3.56. The molecule has 94 valence electrons. The first-order valence-corrected chi connectivity index (χ1v) is 6.39. The zero-order chi connectivity index (χ0) is 13.0. The van der Waals surface area contributed by atoms with Gasteiger partial charge in [0.1, 0.15) is 0 Å². The average molecular weight is 240 g/mol. The van der Waals surface area contributed by atoms with Crippen LogP contribution in [0.5, 0.6) is 0 Å². The third-order valence-electron chi connectivity index (χ3n) is 2.88. The molecule has 0 saturated heterocycles. The zero-order valence-electron chi connectivity index (χ0n) is 11.3. The molecule has 0 aliphatic heterocycles. The van der Waals surface area contributed by atoms with E-state index in [1.807, 2.05) is 12.4 Å². The van der Waals surface area contributed by atoms with Crippen LogP contribution in [0.4, 0.5) is 0 Å². The maximum atomic E-state index is 4.23. The van der Waals surface area contributed by atoms with Crippen LogP contribution in [-0.4, -0.2) is 11.0 Å². The van der Waals surface area contributed by atoms with E-state index in [4.69, 9.17) is 0 Å². The molecule has 0 bridgehead atoms. The molecule has 2 rings (SSSR count). The highest BCUT2D eigenvalue weighted by molar-refractivity contribution is 5.63. The summed E-state index contributed by atoms with van der Waals surface area (Å²) in [6, 6.07) is 11.3. The minimum absolute atomic E-state index is 0.519. The molecule has 0 aliphatic rings. The summed E-state index contributed by atoms with van der Waals surface area (Å²) in [5.74, 6) is 0. The van der Waals surface area contributed by atoms with Crippen LogP contribution >= 0.6 is 0 Å². The molecule has 2 aromatic rings. The SMILES string of the molecule is Cc1cncc(-c2ccc(CNC(C)C)cc2)c1. The molecule has 0 fully saturated rings. The summed E-state index contributed by atoms with van der Waals surface area (Å²) >= 11 is 0. The quantitative estimate of drug-likeness (QED) is 0.884. The van der Waals surface area contributed by atoms with E-state index < -0.39 is 0 Å². The van der Waals surface area contributed by atoms with Crippen molar-refractivity contribution in [3.05, 3.63) is 53.9 Å². The molecule has 0 spiro atoms. The predicted molar refractivity (Wildman–Crippen MR) is 76.4 cm³/mol. The molecule has 0 unspecified atom stereocenters. The number of aromatic nitrogens is 1. The zero-order valence-corrected chi connectivity index (χ0v) is 11.3. The van der Waals surface area contributed by atoms with Crippen LogP contribution in [0, 0.1) is 6.92 Å². The summed E-state index contributed by atoms with van der Waals surface area (Å²) in [5.41, 5.74) is 4.91. The van der Waals surface area contributed by atoms with Crippen molar-refractivity contribution in [1.29, 1.82) is 0 Å². The van der Waals surface area contributed by atoms with Crippen LogP contribution in [-0.2, 0) is 6.54 Å². The van der Waals surface area contributed by atoms with Crippen LogP contribution in [0.15, 0.2) is 42.7 Å². The van der Waals surface area contributed by atoms with E-state index in [1.165, 1.54) is 22.3 Å². The minimum Gasteiger partial charge on any atom is -0.310 e. The second-order valence-corrected chi connectivity index (χ2v) is 4.98. The van der Waals surface area contributed by atoms with Crippen molar-refractivity contribution in [1.82, 2.24) is 10.3 Å². The van der Waals surface area contributed by atoms with E-state index in [0.29, 0.717) is 6.04 Å². The van der Waals surface area contributed by atoms with Gasteiger partial charge in [-0.2, -0.15) is 0 Å². The van der Waals surface area contributed by atoms with Crippen molar-refractivity contribution in [3.63, 3.8) is 0 Å². The number of benzene rings is 1. The van der Waals surface area contributed by atoms with Gasteiger partial charge in [0.2, 0.25) is 0 Å². The maximum absolute atomic E-state index is 4.23. The van der Waals surface area contributed by atoms with E-state index in [9.17, 15) is 0 Å². The molecule has 2 heteroatoms. The molecule has 18 heavy (non-hydrogen) atoms. The molecular formula is C16H20N2. The Bertz CT molecular complexity index is 501. The fraction of sp³-hybridized carbons (Fsp3) is 0.312. The number of pyridine rings is 1. The lowest BCUT2D eigenvalue weighted by molar-refractivity contribution is 0.589. The summed E-state index contributed by atoms with van der Waals surface area (Å²) in [6.45, 7) is 7.31. The van der Waals surface area contributed by atoms with Crippen LogP contribution < -0.4 is 5.32 Å². The number of aryl methyl sites for hydroxylation is 1. The fourth-order valence-electron chi connectivity index (χ4n) is 1.85. The third-order valence-corrected chi connectivity index (χ3v) is 2.88. The van der Waals surface area contributed by atoms with E-state index in [2.05, 4.69) is 61.4 Å². The van der Waals surface area contributed by atoms with Crippen LogP contribution in [0.3, 0.4) is 0 Å². The highest BCUT2D eigenvalue weighted by atomic mass is 14.9. The number of nitrogens with zero attached hydrogens (tertiary/aromatic N) is 1. The van der Waals surface area contributed by atoms with E-state index >= 15 is 0 Å². The Kier molecular flexibility index (Phi) is 4.11. The fourth-order valence-corrected chi connectivity index (χ4v) is 1.85. The first-order chi connectivity index (χ1) is 8.65. The normalized spacial score (nSPS) is 10.9. The van der Waals surface area contributed by atoms with Crippen LogP contribution in [0.1, 0.15) is 25.0 Å². The van der Waals surface area contributed by atoms with Crippen molar-refractivity contribution < 1.29 is 0 Å². The molecule has 0 atom stereocenters. The summed E-state index contributed by atoms with van der Waals surface area (Å²) in [4.78, 5) is 4.23. The van der Waals surface area contributed by atoms with Crippen molar-refractivity contribution in [2.75, 3.05) is 0 Å². The van der Waals surface area contributed by atoms with Crippen LogP contribution in [0.25, 0.3) is 11.1 Å². The van der Waals surface area contributed by atoms with Gasteiger partial charge in [0, 0.05) is 30.5 Å². The Morgan fingerprint density at radius 3 is 2.39 bits per heavy atom. The summed E-state index contributed by atoms with van der Waals surface area (Å²) in [5, 5.41) is 3.42. The lowest BCUT2D eigenvalue weighted by atomic mass is 10.0. The highest BCUT2D eigenvalue weighted by Gasteiger charge is 1.99. The number of rotatable bonds is 4. The summed E-state index contributed by atoms with van der Waals surface area (Å²) in [7, 11) is 0. The maximum Gasteiger partial charge on any atom is 0.0346 e. The lowest BCUT2D eigenvalue weighted by Gasteiger charge is -2.09. The Balaban J connectivity index is 2.12. The van der Waals surface area contributed by atoms with Gasteiger partial charge in [0.15, 0.2) is 0 Å². The first kappa shape index (κ1) is 12.8. The van der Waals surface area contributed by atoms with Crippen molar-refractivity contribution >= 4 is 0 Å². The minimum atomic E-state index is 0.519. The van der Waals surface area contributed by atoms with Gasteiger partial charge in [0.05, 0.1) is 0 Å². The molecular weight excluding hydrogens is 220 g/mol. The molecule has 0 radical (unpaired) electrons. The van der Waals surface area contributed by atoms with Gasteiger partial charge in [0.25, 0.3) is 0 Å². The summed E-state index contributed by atoms with van der Waals surface area (Å²) in [6.07, 6.45) is 3.79. The van der Waals surface area contributed by atoms with Gasteiger partial charge in [-0.25, -0.2) is 0 Å². The Hall–Kier alpha value is -1.67. The lowest BCUT2D eigenvalue weighted by Crippen LogP contribution is -2.21. The first-order valence-electron chi connectivity index (χ1n) is 6.39. The average Bonchev–Trinajstić information content (AvgIpc) is 2.37.